The molecule has 1 aromatic heterocycles. The number of ether oxygens (including phenoxy) is 3. The molecule has 0 aliphatic carbocycles. The fraction of sp³-hybridized carbons (Fsp3) is 0.300. The number of halogens is 1. The van der Waals surface area contributed by atoms with Crippen LogP contribution in [-0.4, -0.2) is 41.5 Å². The molecule has 1 saturated heterocycles. The topological polar surface area (TPSA) is 85.7 Å². The molecule has 2 N–H and O–H groups in total. The zero-order chi connectivity index (χ0) is 19.5. The zero-order valence-electron chi connectivity index (χ0n) is 15.3. The number of anilines is 2. The number of aromatic hydroxyl groups is 1. The predicted molar refractivity (Wildman–Crippen MR) is 110 cm³/mol. The van der Waals surface area contributed by atoms with Crippen molar-refractivity contribution >= 4 is 38.3 Å². The highest BCUT2D eigenvalue weighted by Gasteiger charge is 2.18. The van der Waals surface area contributed by atoms with Crippen LogP contribution in [0.25, 0.3) is 10.9 Å². The zero-order valence-corrected chi connectivity index (χ0v) is 16.9. The van der Waals surface area contributed by atoms with Crippen molar-refractivity contribution in [3.05, 3.63) is 40.9 Å². The van der Waals surface area contributed by atoms with Crippen LogP contribution in [0.5, 0.6) is 17.5 Å². The van der Waals surface area contributed by atoms with E-state index in [-0.39, 0.29) is 17.9 Å². The van der Waals surface area contributed by atoms with E-state index in [4.69, 9.17) is 14.2 Å². The lowest BCUT2D eigenvalue weighted by atomic mass is 10.2. The fourth-order valence-corrected chi connectivity index (χ4v) is 3.40. The first-order chi connectivity index (χ1) is 13.6. The molecule has 1 unspecified atom stereocenters. The molecule has 1 fully saturated rings. The second-order valence-electron chi connectivity index (χ2n) is 6.48. The SMILES string of the molecule is COc1ccc(Br)c(Nc2nc(OC3CCCOC3)nc3cc(O)ccc23)c1. The van der Waals surface area contributed by atoms with Gasteiger partial charge in [-0.2, -0.15) is 9.97 Å². The molecule has 2 aromatic carbocycles. The maximum absolute atomic E-state index is 9.87. The summed E-state index contributed by atoms with van der Waals surface area (Å²) in [6.07, 6.45) is 1.76. The monoisotopic (exact) mass is 445 g/mol. The third-order valence-electron chi connectivity index (χ3n) is 4.48. The van der Waals surface area contributed by atoms with Gasteiger partial charge in [0.05, 0.1) is 24.9 Å². The van der Waals surface area contributed by atoms with E-state index in [9.17, 15) is 5.11 Å². The minimum Gasteiger partial charge on any atom is -0.508 e. The van der Waals surface area contributed by atoms with Crippen molar-refractivity contribution in [2.75, 3.05) is 25.6 Å². The number of nitrogens with one attached hydrogen (secondary N) is 1. The number of phenols is 1. The first-order valence-corrected chi connectivity index (χ1v) is 9.77. The third kappa shape index (κ3) is 4.13. The summed E-state index contributed by atoms with van der Waals surface area (Å²) >= 11 is 3.54. The standard InChI is InChI=1S/C20H20BrN3O4/c1-26-13-5-7-16(21)18(10-13)22-19-15-6-4-12(25)9-17(15)23-20(24-19)28-14-3-2-8-27-11-14/h4-7,9-10,14,25H,2-3,8,11H2,1H3,(H,22,23,24). The lowest BCUT2D eigenvalue weighted by Crippen LogP contribution is -2.28. The Kier molecular flexibility index (Phi) is 5.50. The smallest absolute Gasteiger partial charge is 0.319 e. The van der Waals surface area contributed by atoms with Crippen LogP contribution >= 0.6 is 15.9 Å². The Morgan fingerprint density at radius 3 is 2.89 bits per heavy atom. The van der Waals surface area contributed by atoms with Gasteiger partial charge in [0.2, 0.25) is 0 Å². The Hall–Kier alpha value is -2.58. The first kappa shape index (κ1) is 18.8. The lowest BCUT2D eigenvalue weighted by Gasteiger charge is -2.22. The lowest BCUT2D eigenvalue weighted by molar-refractivity contribution is 0.00360. The maximum atomic E-state index is 9.87. The molecule has 4 rings (SSSR count). The maximum Gasteiger partial charge on any atom is 0.319 e. The highest BCUT2D eigenvalue weighted by Crippen LogP contribution is 2.33. The molecular formula is C20H20BrN3O4. The molecule has 1 aliphatic heterocycles. The number of methoxy groups -OCH3 is 1. The van der Waals surface area contributed by atoms with Gasteiger partial charge in [0.25, 0.3) is 0 Å². The molecule has 146 valence electrons. The summed E-state index contributed by atoms with van der Waals surface area (Å²) in [7, 11) is 1.62. The number of hydrogen-bond acceptors (Lipinski definition) is 7. The summed E-state index contributed by atoms with van der Waals surface area (Å²) in [5, 5.41) is 13.9. The minimum atomic E-state index is -0.0834. The second-order valence-corrected chi connectivity index (χ2v) is 7.34. The van der Waals surface area contributed by atoms with Crippen molar-refractivity contribution in [3.63, 3.8) is 0 Å². The van der Waals surface area contributed by atoms with E-state index >= 15 is 0 Å². The van der Waals surface area contributed by atoms with Crippen LogP contribution in [0.4, 0.5) is 11.5 Å². The second kappa shape index (κ2) is 8.20. The number of nitrogens with zero attached hydrogens (tertiary/aromatic N) is 2. The van der Waals surface area contributed by atoms with Crippen molar-refractivity contribution in [3.8, 4) is 17.5 Å². The minimum absolute atomic E-state index is 0.0834. The molecule has 0 bridgehead atoms. The van der Waals surface area contributed by atoms with Crippen LogP contribution in [0.15, 0.2) is 40.9 Å². The molecule has 1 aliphatic rings. The Morgan fingerprint density at radius 1 is 1.21 bits per heavy atom. The third-order valence-corrected chi connectivity index (χ3v) is 5.17. The summed E-state index contributed by atoms with van der Waals surface area (Å²) in [5.74, 6) is 1.43. The Balaban J connectivity index is 1.73. The summed E-state index contributed by atoms with van der Waals surface area (Å²) in [5.41, 5.74) is 1.38. The molecule has 1 atom stereocenters. The Labute approximate surface area is 170 Å². The normalized spacial score (nSPS) is 16.7. The Morgan fingerprint density at radius 2 is 2.11 bits per heavy atom. The predicted octanol–water partition coefficient (Wildman–Crippen LogP) is 4.41. The van der Waals surface area contributed by atoms with Crippen molar-refractivity contribution in [1.82, 2.24) is 9.97 Å². The van der Waals surface area contributed by atoms with Gasteiger partial charge < -0.3 is 24.6 Å². The summed E-state index contributed by atoms with van der Waals surface area (Å²) < 4.78 is 17.6. The summed E-state index contributed by atoms with van der Waals surface area (Å²) in [6.45, 7) is 1.27. The molecule has 0 spiro atoms. The van der Waals surface area contributed by atoms with E-state index in [0.29, 0.717) is 17.9 Å². The molecule has 7 nitrogen and oxygen atoms in total. The first-order valence-electron chi connectivity index (χ1n) is 8.98. The number of fused-ring (bicyclic) bond motifs is 1. The summed E-state index contributed by atoms with van der Waals surface area (Å²) in [4.78, 5) is 9.04. The van der Waals surface area contributed by atoms with Gasteiger partial charge in [-0.3, -0.25) is 0 Å². The van der Waals surface area contributed by atoms with E-state index < -0.39 is 0 Å². The van der Waals surface area contributed by atoms with Crippen LogP contribution in [0.3, 0.4) is 0 Å². The number of rotatable bonds is 5. The molecule has 2 heterocycles. The van der Waals surface area contributed by atoms with Crippen LogP contribution in [0.2, 0.25) is 0 Å². The van der Waals surface area contributed by atoms with E-state index in [1.54, 1.807) is 25.3 Å². The molecule has 3 aromatic rings. The molecule has 0 amide bonds. The van der Waals surface area contributed by atoms with Gasteiger partial charge in [0.1, 0.15) is 23.4 Å². The van der Waals surface area contributed by atoms with Gasteiger partial charge in [-0.05, 0) is 53.0 Å². The van der Waals surface area contributed by atoms with Gasteiger partial charge in [-0.15, -0.1) is 0 Å². The average Bonchev–Trinajstić information content (AvgIpc) is 2.70. The van der Waals surface area contributed by atoms with Gasteiger partial charge in [0, 0.05) is 28.6 Å². The molecular weight excluding hydrogens is 426 g/mol. The van der Waals surface area contributed by atoms with Crippen molar-refractivity contribution in [2.24, 2.45) is 0 Å². The van der Waals surface area contributed by atoms with Crippen LogP contribution in [0, 0.1) is 0 Å². The van der Waals surface area contributed by atoms with Crippen molar-refractivity contribution in [1.29, 1.82) is 0 Å². The average molecular weight is 446 g/mol. The van der Waals surface area contributed by atoms with Crippen LogP contribution in [0.1, 0.15) is 12.8 Å². The molecule has 0 radical (unpaired) electrons. The molecule has 8 heteroatoms. The number of phenolic OH excluding ortho intramolecular Hbond substituents is 1. The van der Waals surface area contributed by atoms with Gasteiger partial charge in [0.15, 0.2) is 0 Å². The number of aromatic nitrogens is 2. The molecule has 0 saturated carbocycles. The van der Waals surface area contributed by atoms with Crippen molar-refractivity contribution in [2.45, 2.75) is 18.9 Å². The van der Waals surface area contributed by atoms with Crippen LogP contribution in [-0.2, 0) is 4.74 Å². The largest absolute Gasteiger partial charge is 0.508 e. The van der Waals surface area contributed by atoms with Gasteiger partial charge >= 0.3 is 6.01 Å². The Bertz CT molecular complexity index is 993. The molecule has 28 heavy (non-hydrogen) atoms. The number of benzene rings is 2. The van der Waals surface area contributed by atoms with Gasteiger partial charge in [-0.25, -0.2) is 0 Å². The fourth-order valence-electron chi connectivity index (χ4n) is 3.05. The quantitative estimate of drug-likeness (QED) is 0.601. The highest BCUT2D eigenvalue weighted by atomic mass is 79.9. The van der Waals surface area contributed by atoms with E-state index in [1.165, 1.54) is 0 Å². The van der Waals surface area contributed by atoms with E-state index in [2.05, 4.69) is 31.2 Å². The number of hydrogen-bond donors (Lipinski definition) is 2. The van der Waals surface area contributed by atoms with Crippen LogP contribution < -0.4 is 14.8 Å². The van der Waals surface area contributed by atoms with E-state index in [1.807, 2.05) is 18.2 Å². The van der Waals surface area contributed by atoms with Gasteiger partial charge in [-0.1, -0.05) is 0 Å². The highest BCUT2D eigenvalue weighted by molar-refractivity contribution is 9.10. The summed E-state index contributed by atoms with van der Waals surface area (Å²) in [6, 6.07) is 10.8. The van der Waals surface area contributed by atoms with Crippen molar-refractivity contribution < 1.29 is 19.3 Å². The van der Waals surface area contributed by atoms with E-state index in [0.717, 1.165) is 40.7 Å².